The molecule has 0 saturated heterocycles. The Kier molecular flexibility index (Phi) is 5.44. The molecule has 0 spiro atoms. The molecule has 170 valence electrons. The SMILES string of the molecule is CN1C(=O)C(c2cccc(-c3ccc(F)c(F)c3)c2)(c2cc(C(=O)O)n(CCF)c2)N=C1N. The molecule has 1 atom stereocenters. The number of halogens is 3. The Morgan fingerprint density at radius 2 is 1.82 bits per heavy atom. The van der Waals surface area contributed by atoms with Crippen LogP contribution >= 0.6 is 0 Å². The fraction of sp³-hybridized carbons (Fsp3) is 0.174. The number of likely N-dealkylation sites (N-methyl/N-ethyl adjacent to an activating group) is 1. The molecule has 1 aromatic heterocycles. The zero-order chi connectivity index (χ0) is 23.9. The number of aromatic carboxylic acids is 1. The lowest BCUT2D eigenvalue weighted by Crippen LogP contribution is -2.41. The number of alkyl halides is 1. The number of rotatable bonds is 6. The minimum absolute atomic E-state index is 0.0895. The molecule has 0 saturated carbocycles. The van der Waals surface area contributed by atoms with E-state index in [0.29, 0.717) is 16.7 Å². The summed E-state index contributed by atoms with van der Waals surface area (Å²) in [5.74, 6) is -3.95. The molecule has 7 nitrogen and oxygen atoms in total. The number of aryl methyl sites for hydroxylation is 1. The summed E-state index contributed by atoms with van der Waals surface area (Å²) in [6.45, 7) is -1.04. The van der Waals surface area contributed by atoms with Crippen molar-refractivity contribution >= 4 is 17.8 Å². The Bertz CT molecular complexity index is 1300. The van der Waals surface area contributed by atoms with Crippen LogP contribution in [0.15, 0.2) is 59.7 Å². The Balaban J connectivity index is 1.94. The third-order valence-corrected chi connectivity index (χ3v) is 5.63. The number of hydrogen-bond donors (Lipinski definition) is 2. The summed E-state index contributed by atoms with van der Waals surface area (Å²) >= 11 is 0. The molecule has 33 heavy (non-hydrogen) atoms. The molecule has 0 bridgehead atoms. The maximum atomic E-state index is 13.8. The van der Waals surface area contributed by atoms with Crippen LogP contribution in [0.2, 0.25) is 0 Å². The van der Waals surface area contributed by atoms with Crippen LogP contribution in [0.5, 0.6) is 0 Å². The van der Waals surface area contributed by atoms with Crippen molar-refractivity contribution in [2.24, 2.45) is 10.7 Å². The molecular formula is C23H19F3N4O3. The van der Waals surface area contributed by atoms with Crippen LogP contribution in [0.1, 0.15) is 21.6 Å². The standard InChI is InChI=1S/C23H19F3N4O3/c1-29-21(33)23(28-22(29)27,16-11-19(20(31)32)30(12-16)8-7-24)15-4-2-3-13(9-15)14-5-6-17(25)18(26)10-14/h2-6,9-12H,7-8H2,1H3,(H2,27,28)(H,31,32). The fourth-order valence-electron chi connectivity index (χ4n) is 3.95. The van der Waals surface area contributed by atoms with Gasteiger partial charge in [0, 0.05) is 18.8 Å². The van der Waals surface area contributed by atoms with Crippen molar-refractivity contribution in [2.45, 2.75) is 12.1 Å². The molecule has 0 aliphatic carbocycles. The Hall–Kier alpha value is -4.08. The summed E-state index contributed by atoms with van der Waals surface area (Å²) in [4.78, 5) is 30.7. The number of carbonyl (C=O) groups excluding carboxylic acids is 1. The largest absolute Gasteiger partial charge is 0.477 e. The number of hydrogen-bond acceptors (Lipinski definition) is 4. The lowest BCUT2D eigenvalue weighted by molar-refractivity contribution is -0.129. The number of carbonyl (C=O) groups is 2. The van der Waals surface area contributed by atoms with Gasteiger partial charge in [0.05, 0.1) is 6.54 Å². The van der Waals surface area contributed by atoms with Gasteiger partial charge in [-0.25, -0.2) is 23.0 Å². The van der Waals surface area contributed by atoms with Crippen LogP contribution in [-0.2, 0) is 16.9 Å². The second-order valence-corrected chi connectivity index (χ2v) is 7.56. The summed E-state index contributed by atoms with van der Waals surface area (Å²) in [6.07, 6.45) is 1.36. The quantitative estimate of drug-likeness (QED) is 0.595. The van der Waals surface area contributed by atoms with Crippen LogP contribution in [0.3, 0.4) is 0 Å². The average molecular weight is 456 g/mol. The molecule has 4 rings (SSSR count). The van der Waals surface area contributed by atoms with Gasteiger partial charge in [-0.05, 0) is 41.0 Å². The number of amides is 1. The summed E-state index contributed by atoms with van der Waals surface area (Å²) in [5.41, 5.74) is 5.36. The zero-order valence-electron chi connectivity index (χ0n) is 17.4. The van der Waals surface area contributed by atoms with Crippen LogP contribution in [0.25, 0.3) is 11.1 Å². The highest BCUT2D eigenvalue weighted by molar-refractivity contribution is 6.09. The van der Waals surface area contributed by atoms with Crippen molar-refractivity contribution in [1.82, 2.24) is 9.47 Å². The molecule has 0 radical (unpaired) electrons. The topological polar surface area (TPSA) is 101 Å². The first-order chi connectivity index (χ1) is 15.7. The predicted molar refractivity (Wildman–Crippen MR) is 114 cm³/mol. The van der Waals surface area contributed by atoms with E-state index < -0.39 is 35.7 Å². The van der Waals surface area contributed by atoms with Crippen LogP contribution < -0.4 is 5.73 Å². The van der Waals surface area contributed by atoms with Crippen molar-refractivity contribution < 1.29 is 27.9 Å². The van der Waals surface area contributed by atoms with Crippen molar-refractivity contribution in [1.29, 1.82) is 0 Å². The number of carboxylic acid groups (broad SMARTS) is 1. The molecule has 3 N–H and O–H groups in total. The van der Waals surface area contributed by atoms with Gasteiger partial charge in [-0.3, -0.25) is 9.69 Å². The van der Waals surface area contributed by atoms with E-state index in [-0.39, 0.29) is 23.8 Å². The second kappa shape index (κ2) is 8.12. The normalized spacial score (nSPS) is 18.0. The molecule has 1 aliphatic heterocycles. The molecule has 3 aromatic rings. The second-order valence-electron chi connectivity index (χ2n) is 7.56. The van der Waals surface area contributed by atoms with Crippen molar-refractivity contribution in [3.8, 4) is 11.1 Å². The zero-order valence-corrected chi connectivity index (χ0v) is 17.4. The number of benzene rings is 2. The third-order valence-electron chi connectivity index (χ3n) is 5.63. The van der Waals surface area contributed by atoms with Gasteiger partial charge in [-0.15, -0.1) is 0 Å². The maximum Gasteiger partial charge on any atom is 0.352 e. The highest BCUT2D eigenvalue weighted by Crippen LogP contribution is 2.41. The molecule has 1 amide bonds. The molecule has 0 fully saturated rings. The highest BCUT2D eigenvalue weighted by atomic mass is 19.2. The minimum atomic E-state index is -1.74. The van der Waals surface area contributed by atoms with E-state index in [1.165, 1.54) is 29.9 Å². The highest BCUT2D eigenvalue weighted by Gasteiger charge is 2.50. The van der Waals surface area contributed by atoms with E-state index in [0.717, 1.165) is 17.0 Å². The number of nitrogens with two attached hydrogens (primary N) is 1. The summed E-state index contributed by atoms with van der Waals surface area (Å²) in [5, 5.41) is 9.55. The van der Waals surface area contributed by atoms with E-state index in [2.05, 4.69) is 4.99 Å². The maximum absolute atomic E-state index is 13.8. The monoisotopic (exact) mass is 456 g/mol. The smallest absolute Gasteiger partial charge is 0.352 e. The summed E-state index contributed by atoms with van der Waals surface area (Å²) in [6, 6.07) is 11.1. The Morgan fingerprint density at radius 1 is 1.09 bits per heavy atom. The molecule has 1 aliphatic rings. The number of guanidine groups is 1. The van der Waals surface area contributed by atoms with Gasteiger partial charge < -0.3 is 15.4 Å². The van der Waals surface area contributed by atoms with E-state index in [1.54, 1.807) is 24.3 Å². The van der Waals surface area contributed by atoms with E-state index in [1.807, 2.05) is 0 Å². The molecule has 1 unspecified atom stereocenters. The number of aliphatic imine (C=N–C) groups is 1. The van der Waals surface area contributed by atoms with E-state index in [4.69, 9.17) is 5.73 Å². The Morgan fingerprint density at radius 3 is 2.42 bits per heavy atom. The van der Waals surface area contributed by atoms with Gasteiger partial charge in [0.15, 0.2) is 23.1 Å². The first-order valence-corrected chi connectivity index (χ1v) is 9.88. The average Bonchev–Trinajstić information content (AvgIpc) is 3.32. The first kappa shape index (κ1) is 22.1. The number of aromatic nitrogens is 1. The third kappa shape index (κ3) is 3.53. The molecule has 10 heteroatoms. The fourth-order valence-corrected chi connectivity index (χ4v) is 3.95. The molecule has 2 heterocycles. The van der Waals surface area contributed by atoms with Gasteiger partial charge in [0.2, 0.25) is 0 Å². The summed E-state index contributed by atoms with van der Waals surface area (Å²) < 4.78 is 41.4. The van der Waals surface area contributed by atoms with E-state index in [9.17, 15) is 27.9 Å². The summed E-state index contributed by atoms with van der Waals surface area (Å²) in [7, 11) is 1.43. The number of carboxylic acids is 1. The van der Waals surface area contributed by atoms with Gasteiger partial charge >= 0.3 is 5.97 Å². The van der Waals surface area contributed by atoms with Crippen molar-refractivity contribution in [3.63, 3.8) is 0 Å². The number of nitrogens with zero attached hydrogens (tertiary/aromatic N) is 3. The van der Waals surface area contributed by atoms with Gasteiger partial charge in [0.1, 0.15) is 12.4 Å². The first-order valence-electron chi connectivity index (χ1n) is 9.88. The minimum Gasteiger partial charge on any atom is -0.477 e. The van der Waals surface area contributed by atoms with Gasteiger partial charge in [-0.2, -0.15) is 0 Å². The Labute approximate surface area is 186 Å². The van der Waals surface area contributed by atoms with Crippen molar-refractivity contribution in [2.75, 3.05) is 13.7 Å². The lowest BCUT2D eigenvalue weighted by atomic mass is 9.83. The van der Waals surface area contributed by atoms with Gasteiger partial charge in [0.25, 0.3) is 5.91 Å². The lowest BCUT2D eigenvalue weighted by Gasteiger charge is -2.25. The van der Waals surface area contributed by atoms with Crippen LogP contribution in [0, 0.1) is 11.6 Å². The van der Waals surface area contributed by atoms with Crippen LogP contribution in [-0.4, -0.2) is 46.1 Å². The van der Waals surface area contributed by atoms with Gasteiger partial charge in [-0.1, -0.05) is 24.3 Å². The predicted octanol–water partition coefficient (Wildman–Crippen LogP) is 3.13. The van der Waals surface area contributed by atoms with E-state index >= 15 is 0 Å². The van der Waals surface area contributed by atoms with Crippen LogP contribution in [0.4, 0.5) is 13.2 Å². The molecule has 2 aromatic carbocycles. The molecular weight excluding hydrogens is 437 g/mol. The van der Waals surface area contributed by atoms with Crippen molar-refractivity contribution in [3.05, 3.63) is 83.2 Å².